The number of rotatable bonds is 7. The number of para-hydroxylation sites is 2. The van der Waals surface area contributed by atoms with Crippen molar-refractivity contribution in [3.63, 3.8) is 0 Å². The summed E-state index contributed by atoms with van der Waals surface area (Å²) < 4.78 is 6.44. The lowest BCUT2D eigenvalue weighted by molar-refractivity contribution is 0.0942. The SMILES string of the molecule is COc1ccccc1N1CCN(c2ccc(NC(=O)c3ccc(Br)cc3)cc2C(=O)NC(C)C)CC1. The molecular weight excluding hydrogens is 520 g/mol. The van der Waals surface area contributed by atoms with Gasteiger partial charge in [0.2, 0.25) is 0 Å². The Morgan fingerprint density at radius 2 is 1.50 bits per heavy atom. The molecule has 0 spiro atoms. The molecule has 0 aliphatic carbocycles. The fourth-order valence-electron chi connectivity index (χ4n) is 4.30. The maximum absolute atomic E-state index is 13.2. The van der Waals surface area contributed by atoms with E-state index >= 15 is 0 Å². The largest absolute Gasteiger partial charge is 0.495 e. The van der Waals surface area contributed by atoms with E-state index < -0.39 is 0 Å². The summed E-state index contributed by atoms with van der Waals surface area (Å²) in [7, 11) is 1.69. The van der Waals surface area contributed by atoms with Crippen LogP contribution in [0, 0.1) is 0 Å². The van der Waals surface area contributed by atoms with Crippen LogP contribution < -0.4 is 25.2 Å². The Labute approximate surface area is 220 Å². The summed E-state index contributed by atoms with van der Waals surface area (Å²) in [6.07, 6.45) is 0. The molecule has 1 heterocycles. The molecular formula is C28H31BrN4O3. The minimum atomic E-state index is -0.226. The van der Waals surface area contributed by atoms with Crippen LogP contribution in [-0.2, 0) is 0 Å². The van der Waals surface area contributed by atoms with Gasteiger partial charge in [0.1, 0.15) is 5.75 Å². The van der Waals surface area contributed by atoms with Crippen molar-refractivity contribution in [2.45, 2.75) is 19.9 Å². The summed E-state index contributed by atoms with van der Waals surface area (Å²) in [6, 6.07) is 20.7. The van der Waals surface area contributed by atoms with E-state index in [4.69, 9.17) is 4.74 Å². The monoisotopic (exact) mass is 550 g/mol. The molecule has 1 fully saturated rings. The van der Waals surface area contributed by atoms with Crippen LogP contribution in [0.5, 0.6) is 5.75 Å². The van der Waals surface area contributed by atoms with E-state index in [0.717, 1.165) is 47.8 Å². The van der Waals surface area contributed by atoms with Gasteiger partial charge in [0.05, 0.1) is 18.4 Å². The van der Waals surface area contributed by atoms with Crippen LogP contribution in [0.25, 0.3) is 0 Å². The third-order valence-corrected chi connectivity index (χ3v) is 6.60. The van der Waals surface area contributed by atoms with Crippen molar-refractivity contribution in [3.05, 3.63) is 82.3 Å². The molecule has 36 heavy (non-hydrogen) atoms. The average Bonchev–Trinajstić information content (AvgIpc) is 2.88. The Bertz CT molecular complexity index is 1220. The predicted molar refractivity (Wildman–Crippen MR) is 149 cm³/mol. The first-order chi connectivity index (χ1) is 17.4. The van der Waals surface area contributed by atoms with Gasteiger partial charge in [0.15, 0.2) is 0 Å². The van der Waals surface area contributed by atoms with E-state index in [1.54, 1.807) is 25.3 Å². The Morgan fingerprint density at radius 1 is 0.861 bits per heavy atom. The van der Waals surface area contributed by atoms with E-state index in [0.29, 0.717) is 16.8 Å². The van der Waals surface area contributed by atoms with Gasteiger partial charge in [-0.2, -0.15) is 0 Å². The number of amides is 2. The van der Waals surface area contributed by atoms with E-state index in [-0.39, 0.29) is 17.9 Å². The van der Waals surface area contributed by atoms with Crippen LogP contribution >= 0.6 is 15.9 Å². The molecule has 7 nitrogen and oxygen atoms in total. The smallest absolute Gasteiger partial charge is 0.255 e. The molecule has 0 unspecified atom stereocenters. The summed E-state index contributed by atoms with van der Waals surface area (Å²) in [4.78, 5) is 30.4. The van der Waals surface area contributed by atoms with Crippen LogP contribution in [0.15, 0.2) is 71.2 Å². The summed E-state index contributed by atoms with van der Waals surface area (Å²) in [5, 5.41) is 5.92. The van der Waals surface area contributed by atoms with Gasteiger partial charge in [0.25, 0.3) is 11.8 Å². The number of methoxy groups -OCH3 is 1. The first kappa shape index (κ1) is 25.6. The first-order valence-corrected chi connectivity index (χ1v) is 12.8. The molecule has 2 amide bonds. The molecule has 188 valence electrons. The number of benzene rings is 3. The number of halogens is 1. The maximum Gasteiger partial charge on any atom is 0.255 e. The quantitative estimate of drug-likeness (QED) is 0.424. The molecule has 0 aromatic heterocycles. The van der Waals surface area contributed by atoms with Crippen molar-refractivity contribution >= 4 is 44.8 Å². The number of anilines is 3. The van der Waals surface area contributed by atoms with Crippen molar-refractivity contribution in [1.82, 2.24) is 5.32 Å². The van der Waals surface area contributed by atoms with E-state index in [2.05, 4.69) is 42.4 Å². The van der Waals surface area contributed by atoms with Crippen LogP contribution in [0.4, 0.5) is 17.1 Å². The minimum absolute atomic E-state index is 0.00578. The van der Waals surface area contributed by atoms with Crippen LogP contribution in [-0.4, -0.2) is 51.1 Å². The van der Waals surface area contributed by atoms with Crippen molar-refractivity contribution in [2.24, 2.45) is 0 Å². The molecule has 2 N–H and O–H groups in total. The number of hydrogen-bond donors (Lipinski definition) is 2. The Kier molecular flexibility index (Phi) is 8.15. The fourth-order valence-corrected chi connectivity index (χ4v) is 4.56. The second-order valence-electron chi connectivity index (χ2n) is 8.97. The second kappa shape index (κ2) is 11.5. The number of piperazine rings is 1. The van der Waals surface area contributed by atoms with Gasteiger partial charge in [-0.1, -0.05) is 28.1 Å². The van der Waals surface area contributed by atoms with Gasteiger partial charge in [-0.05, 0) is 68.4 Å². The summed E-state index contributed by atoms with van der Waals surface area (Å²) >= 11 is 3.39. The minimum Gasteiger partial charge on any atom is -0.495 e. The van der Waals surface area contributed by atoms with Crippen molar-refractivity contribution < 1.29 is 14.3 Å². The fraction of sp³-hybridized carbons (Fsp3) is 0.286. The highest BCUT2D eigenvalue weighted by molar-refractivity contribution is 9.10. The number of hydrogen-bond acceptors (Lipinski definition) is 5. The van der Waals surface area contributed by atoms with Crippen molar-refractivity contribution in [2.75, 3.05) is 48.4 Å². The van der Waals surface area contributed by atoms with Gasteiger partial charge in [-0.15, -0.1) is 0 Å². The summed E-state index contributed by atoms with van der Waals surface area (Å²) in [6.45, 7) is 6.97. The first-order valence-electron chi connectivity index (χ1n) is 12.0. The van der Waals surface area contributed by atoms with Gasteiger partial charge in [-0.3, -0.25) is 9.59 Å². The Balaban J connectivity index is 1.54. The standard InChI is InChI=1S/C28H31BrN4O3/c1-19(2)30-28(35)23-18-22(31-27(34)20-8-10-21(29)11-9-20)12-13-24(23)32-14-16-33(17-15-32)25-6-4-5-7-26(25)36-3/h4-13,18-19H,14-17H2,1-3H3,(H,30,35)(H,31,34). The molecule has 1 aliphatic rings. The number of nitrogens with zero attached hydrogens (tertiary/aromatic N) is 2. The van der Waals surface area contributed by atoms with Gasteiger partial charge >= 0.3 is 0 Å². The third-order valence-electron chi connectivity index (χ3n) is 6.07. The van der Waals surface area contributed by atoms with Crippen LogP contribution in [0.1, 0.15) is 34.6 Å². The molecule has 3 aromatic carbocycles. The van der Waals surface area contributed by atoms with Crippen LogP contribution in [0.2, 0.25) is 0 Å². The molecule has 0 bridgehead atoms. The number of nitrogens with one attached hydrogen (secondary N) is 2. The Hall–Kier alpha value is -3.52. The van der Waals surface area contributed by atoms with Crippen molar-refractivity contribution in [3.8, 4) is 5.75 Å². The van der Waals surface area contributed by atoms with Gasteiger partial charge in [0, 0.05) is 53.6 Å². The summed E-state index contributed by atoms with van der Waals surface area (Å²) in [5.41, 5.74) is 3.59. The normalized spacial score (nSPS) is 13.5. The highest BCUT2D eigenvalue weighted by atomic mass is 79.9. The molecule has 3 aromatic rings. The molecule has 8 heteroatoms. The lowest BCUT2D eigenvalue weighted by Gasteiger charge is -2.38. The molecule has 0 saturated carbocycles. The zero-order valence-corrected chi connectivity index (χ0v) is 22.3. The lowest BCUT2D eigenvalue weighted by atomic mass is 10.1. The maximum atomic E-state index is 13.2. The van der Waals surface area contributed by atoms with E-state index in [9.17, 15) is 9.59 Å². The zero-order valence-electron chi connectivity index (χ0n) is 20.8. The van der Waals surface area contributed by atoms with Crippen LogP contribution in [0.3, 0.4) is 0 Å². The molecule has 0 atom stereocenters. The van der Waals surface area contributed by atoms with E-state index in [1.165, 1.54) is 0 Å². The molecule has 0 radical (unpaired) electrons. The highest BCUT2D eigenvalue weighted by Crippen LogP contribution is 2.31. The third kappa shape index (κ3) is 5.99. The van der Waals surface area contributed by atoms with Gasteiger partial charge < -0.3 is 25.2 Å². The number of carbonyl (C=O) groups excluding carboxylic acids is 2. The average molecular weight is 551 g/mol. The summed E-state index contributed by atoms with van der Waals surface area (Å²) in [5.74, 6) is 0.469. The highest BCUT2D eigenvalue weighted by Gasteiger charge is 2.24. The van der Waals surface area contributed by atoms with E-state index in [1.807, 2.05) is 56.3 Å². The van der Waals surface area contributed by atoms with Gasteiger partial charge in [-0.25, -0.2) is 0 Å². The molecule has 1 saturated heterocycles. The Morgan fingerprint density at radius 3 is 2.14 bits per heavy atom. The predicted octanol–water partition coefficient (Wildman–Crippen LogP) is 5.17. The lowest BCUT2D eigenvalue weighted by Crippen LogP contribution is -2.47. The molecule has 4 rings (SSSR count). The number of ether oxygens (including phenoxy) is 1. The topological polar surface area (TPSA) is 73.9 Å². The molecule has 1 aliphatic heterocycles. The van der Waals surface area contributed by atoms with Crippen molar-refractivity contribution in [1.29, 1.82) is 0 Å². The zero-order chi connectivity index (χ0) is 25.7. The number of carbonyl (C=O) groups is 2. The second-order valence-corrected chi connectivity index (χ2v) is 9.88.